The van der Waals surface area contributed by atoms with Crippen molar-refractivity contribution in [3.8, 4) is 11.5 Å². The molecule has 0 saturated carbocycles. The highest BCUT2D eigenvalue weighted by Crippen LogP contribution is 2.43. The summed E-state index contributed by atoms with van der Waals surface area (Å²) in [6.07, 6.45) is 4.81. The molecule has 0 amide bonds. The van der Waals surface area contributed by atoms with Gasteiger partial charge in [-0.3, -0.25) is 0 Å². The molecule has 0 spiro atoms. The van der Waals surface area contributed by atoms with Crippen LogP contribution in [0, 0.1) is 6.92 Å². The number of aryl methyl sites for hydroxylation is 3. The average molecular weight is 409 g/mol. The van der Waals surface area contributed by atoms with Gasteiger partial charge in [0.1, 0.15) is 15.7 Å². The Labute approximate surface area is 171 Å². The largest absolute Gasteiger partial charge is 0.419 e. The fraction of sp³-hybridized carbons (Fsp3) is 0.333. The number of fused-ring (bicyclic) bond motifs is 3. The van der Waals surface area contributed by atoms with Crippen molar-refractivity contribution in [2.75, 3.05) is 0 Å². The molecular weight excluding hydrogens is 388 g/mol. The van der Waals surface area contributed by atoms with Crippen LogP contribution in [0.3, 0.4) is 0 Å². The van der Waals surface area contributed by atoms with Gasteiger partial charge >= 0.3 is 0 Å². The topological polar surface area (TPSA) is 64.7 Å². The number of benzene rings is 1. The molecule has 1 aromatic carbocycles. The highest BCUT2D eigenvalue weighted by Gasteiger charge is 2.24. The van der Waals surface area contributed by atoms with Gasteiger partial charge in [-0.05, 0) is 57.2 Å². The van der Waals surface area contributed by atoms with Gasteiger partial charge in [0.25, 0.3) is 0 Å². The SMILES string of the molecule is Cc1nc(S[C@@H](C)c2nnc(-c3ccccc3)o2)c2c3c(sc2n1)CCCC3. The number of thiophene rings is 1. The van der Waals surface area contributed by atoms with Crippen molar-refractivity contribution in [3.05, 3.63) is 52.5 Å². The Hall–Kier alpha value is -2.25. The summed E-state index contributed by atoms with van der Waals surface area (Å²) >= 11 is 3.52. The van der Waals surface area contributed by atoms with Gasteiger partial charge in [-0.2, -0.15) is 0 Å². The first-order chi connectivity index (χ1) is 13.7. The number of hydrogen-bond donors (Lipinski definition) is 0. The normalized spacial score (nSPS) is 14.9. The average Bonchev–Trinajstić information content (AvgIpc) is 3.33. The summed E-state index contributed by atoms with van der Waals surface area (Å²) in [5, 5.41) is 10.8. The van der Waals surface area contributed by atoms with E-state index in [0.29, 0.717) is 11.8 Å². The predicted octanol–water partition coefficient (Wildman–Crippen LogP) is 5.78. The Kier molecular flexibility index (Phi) is 4.64. The van der Waals surface area contributed by atoms with Crippen molar-refractivity contribution >= 4 is 33.3 Å². The molecule has 28 heavy (non-hydrogen) atoms. The summed E-state index contributed by atoms with van der Waals surface area (Å²) in [5.41, 5.74) is 2.39. The Bertz CT molecular complexity index is 1140. The molecular formula is C21H20N4OS2. The van der Waals surface area contributed by atoms with Crippen molar-refractivity contribution in [2.24, 2.45) is 0 Å². The second-order valence-electron chi connectivity index (χ2n) is 7.04. The molecule has 1 aliphatic carbocycles. The minimum atomic E-state index is 0.0154. The summed E-state index contributed by atoms with van der Waals surface area (Å²) in [5.74, 6) is 1.99. The van der Waals surface area contributed by atoms with Crippen LogP contribution in [0.4, 0.5) is 0 Å². The van der Waals surface area contributed by atoms with Gasteiger partial charge in [0.2, 0.25) is 11.8 Å². The van der Waals surface area contributed by atoms with Crippen molar-refractivity contribution in [1.29, 1.82) is 0 Å². The predicted molar refractivity (Wildman–Crippen MR) is 113 cm³/mol. The Morgan fingerprint density at radius 1 is 1.07 bits per heavy atom. The minimum absolute atomic E-state index is 0.0154. The molecule has 0 saturated heterocycles. The van der Waals surface area contributed by atoms with E-state index in [2.05, 4.69) is 17.1 Å². The van der Waals surface area contributed by atoms with Crippen LogP contribution in [-0.2, 0) is 12.8 Å². The summed E-state index contributed by atoms with van der Waals surface area (Å²) in [6.45, 7) is 4.06. The molecule has 142 valence electrons. The van der Waals surface area contributed by atoms with Gasteiger partial charge < -0.3 is 4.42 Å². The van der Waals surface area contributed by atoms with E-state index in [0.717, 1.165) is 27.7 Å². The lowest BCUT2D eigenvalue weighted by Gasteiger charge is -2.13. The second-order valence-corrected chi connectivity index (χ2v) is 9.45. The second kappa shape index (κ2) is 7.29. The van der Waals surface area contributed by atoms with Crippen molar-refractivity contribution in [2.45, 2.75) is 49.8 Å². The number of hydrogen-bond acceptors (Lipinski definition) is 7. The van der Waals surface area contributed by atoms with E-state index in [1.165, 1.54) is 35.1 Å². The van der Waals surface area contributed by atoms with E-state index in [9.17, 15) is 0 Å². The lowest BCUT2D eigenvalue weighted by molar-refractivity contribution is 0.509. The molecule has 0 N–H and O–H groups in total. The molecule has 0 aliphatic heterocycles. The Morgan fingerprint density at radius 3 is 2.75 bits per heavy atom. The first kappa shape index (κ1) is 17.8. The van der Waals surface area contributed by atoms with E-state index < -0.39 is 0 Å². The molecule has 0 unspecified atom stereocenters. The first-order valence-corrected chi connectivity index (χ1v) is 11.2. The third-order valence-corrected chi connectivity index (χ3v) is 7.25. The van der Waals surface area contributed by atoms with Crippen LogP contribution in [-0.4, -0.2) is 20.2 Å². The third-order valence-electron chi connectivity index (χ3n) is 4.99. The number of thioether (sulfide) groups is 1. The summed E-state index contributed by atoms with van der Waals surface area (Å²) in [6, 6.07) is 9.87. The van der Waals surface area contributed by atoms with Gasteiger partial charge in [0, 0.05) is 15.8 Å². The molecule has 3 heterocycles. The van der Waals surface area contributed by atoms with Gasteiger partial charge in [-0.1, -0.05) is 30.0 Å². The Balaban J connectivity index is 1.48. The molecule has 4 aromatic rings. The van der Waals surface area contributed by atoms with Crippen LogP contribution in [0.1, 0.15) is 47.2 Å². The molecule has 7 heteroatoms. The first-order valence-electron chi connectivity index (χ1n) is 9.53. The fourth-order valence-electron chi connectivity index (χ4n) is 3.62. The molecule has 0 radical (unpaired) electrons. The highest BCUT2D eigenvalue weighted by molar-refractivity contribution is 7.99. The molecule has 1 atom stereocenters. The zero-order valence-corrected chi connectivity index (χ0v) is 17.4. The van der Waals surface area contributed by atoms with Gasteiger partial charge in [0.05, 0.1) is 5.25 Å². The van der Waals surface area contributed by atoms with E-state index in [1.54, 1.807) is 11.8 Å². The monoisotopic (exact) mass is 408 g/mol. The van der Waals surface area contributed by atoms with E-state index >= 15 is 0 Å². The van der Waals surface area contributed by atoms with Crippen molar-refractivity contribution in [1.82, 2.24) is 20.2 Å². The summed E-state index contributed by atoms with van der Waals surface area (Å²) < 4.78 is 5.96. The molecule has 0 bridgehead atoms. The maximum absolute atomic E-state index is 5.96. The van der Waals surface area contributed by atoms with Crippen LogP contribution in [0.5, 0.6) is 0 Å². The van der Waals surface area contributed by atoms with Crippen LogP contribution < -0.4 is 0 Å². The minimum Gasteiger partial charge on any atom is -0.419 e. The van der Waals surface area contributed by atoms with Gasteiger partial charge in [-0.15, -0.1) is 21.5 Å². The molecule has 0 fully saturated rings. The smallest absolute Gasteiger partial charge is 0.247 e. The maximum Gasteiger partial charge on any atom is 0.247 e. The highest BCUT2D eigenvalue weighted by atomic mass is 32.2. The zero-order valence-electron chi connectivity index (χ0n) is 15.8. The standard InChI is InChI=1S/C21H20N4OS2/c1-12(18-24-25-19(26-18)14-8-4-3-5-9-14)27-20-17-15-10-6-7-11-16(15)28-21(17)23-13(2)22-20/h3-5,8-9,12H,6-7,10-11H2,1-2H3/t12-/m0/s1. The maximum atomic E-state index is 5.96. The summed E-state index contributed by atoms with van der Waals surface area (Å²) in [7, 11) is 0. The van der Waals surface area contributed by atoms with E-state index in [-0.39, 0.29) is 5.25 Å². The van der Waals surface area contributed by atoms with Crippen LogP contribution in [0.15, 0.2) is 39.8 Å². The molecule has 5 nitrogen and oxygen atoms in total. The van der Waals surface area contributed by atoms with E-state index in [4.69, 9.17) is 14.4 Å². The Morgan fingerprint density at radius 2 is 1.89 bits per heavy atom. The van der Waals surface area contributed by atoms with Crippen LogP contribution >= 0.6 is 23.1 Å². The van der Waals surface area contributed by atoms with Gasteiger partial charge in [-0.25, -0.2) is 9.97 Å². The quantitative estimate of drug-likeness (QED) is 0.315. The zero-order chi connectivity index (χ0) is 19.1. The van der Waals surface area contributed by atoms with Crippen molar-refractivity contribution in [3.63, 3.8) is 0 Å². The molecule has 1 aliphatic rings. The summed E-state index contributed by atoms with van der Waals surface area (Å²) in [4.78, 5) is 12.1. The number of rotatable bonds is 4. The van der Waals surface area contributed by atoms with E-state index in [1.807, 2.05) is 48.6 Å². The van der Waals surface area contributed by atoms with Gasteiger partial charge in [0.15, 0.2) is 0 Å². The fourth-order valence-corrected chi connectivity index (χ4v) is 6.05. The number of nitrogens with zero attached hydrogens (tertiary/aromatic N) is 4. The molecule has 5 rings (SSSR count). The van der Waals surface area contributed by atoms with Crippen LogP contribution in [0.25, 0.3) is 21.7 Å². The lowest BCUT2D eigenvalue weighted by Crippen LogP contribution is -2.00. The van der Waals surface area contributed by atoms with Crippen LogP contribution in [0.2, 0.25) is 0 Å². The lowest BCUT2D eigenvalue weighted by atomic mass is 9.97. The molecule has 3 aromatic heterocycles. The van der Waals surface area contributed by atoms with Crippen molar-refractivity contribution < 1.29 is 4.42 Å². The third kappa shape index (κ3) is 3.22. The number of aromatic nitrogens is 4.